The fourth-order valence-corrected chi connectivity index (χ4v) is 0.966. The smallest absolute Gasteiger partial charge is 0.320 e. The number of hydrogen-bond donors (Lipinski definition) is 2. The Hall–Kier alpha value is -0.750. The zero-order valence-electron chi connectivity index (χ0n) is 6.94. The Morgan fingerprint density at radius 1 is 1.17 bits per heavy atom. The van der Waals surface area contributed by atoms with Gasteiger partial charge in [0.25, 0.3) is 0 Å². The summed E-state index contributed by atoms with van der Waals surface area (Å²) in [5, 5.41) is 0. The van der Waals surface area contributed by atoms with E-state index in [0.717, 1.165) is 0 Å². The van der Waals surface area contributed by atoms with Crippen molar-refractivity contribution in [3.05, 3.63) is 0 Å². The highest BCUT2D eigenvalue weighted by molar-refractivity contribution is 8.03. The third-order valence-electron chi connectivity index (χ3n) is 0.937. The van der Waals surface area contributed by atoms with Gasteiger partial charge in [-0.3, -0.25) is 14.1 Å². The Labute approximate surface area is 73.6 Å². The van der Waals surface area contributed by atoms with E-state index in [1.54, 1.807) is 13.8 Å². The van der Waals surface area contributed by atoms with E-state index in [9.17, 15) is 9.59 Å². The summed E-state index contributed by atoms with van der Waals surface area (Å²) >= 11 is -2.37. The van der Waals surface area contributed by atoms with Crippen molar-refractivity contribution in [3.8, 4) is 0 Å². The van der Waals surface area contributed by atoms with E-state index in [1.165, 1.54) is 0 Å². The molecule has 0 heterocycles. The molecule has 0 radical (unpaired) electrons. The van der Waals surface area contributed by atoms with Gasteiger partial charge in [-0.1, -0.05) is 13.8 Å². The highest BCUT2D eigenvalue weighted by Gasteiger charge is 2.09. The Bertz CT molecular complexity index is 151. The van der Waals surface area contributed by atoms with Crippen LogP contribution in [0.3, 0.4) is 0 Å². The van der Waals surface area contributed by atoms with E-state index in [0.29, 0.717) is 0 Å². The lowest BCUT2D eigenvalue weighted by Crippen LogP contribution is -2.06. The molecule has 0 aliphatic carbocycles. The van der Waals surface area contributed by atoms with Crippen LogP contribution in [0.15, 0.2) is 0 Å². The number of hydrogen-bond acceptors (Lipinski definition) is 5. The minimum absolute atomic E-state index is 0.142. The Morgan fingerprint density at radius 2 is 1.50 bits per heavy atom. The van der Waals surface area contributed by atoms with Gasteiger partial charge in [-0.2, -0.15) is 0 Å². The van der Waals surface area contributed by atoms with Crippen LogP contribution in [-0.2, 0) is 18.0 Å². The van der Waals surface area contributed by atoms with Crippen molar-refractivity contribution in [1.82, 2.24) is 0 Å². The molecule has 0 atom stereocenters. The molecule has 0 aliphatic heterocycles. The fraction of sp³-hybridized carbons (Fsp3) is 0.667. The molecular weight excluding hydrogens is 184 g/mol. The SMILES string of the molecule is CCC(=O)O[SH](O)OC(=O)CC. The number of rotatable bonds is 4. The first-order valence-electron chi connectivity index (χ1n) is 3.50. The van der Waals surface area contributed by atoms with Crippen LogP contribution in [0, 0.1) is 0 Å². The number of carbonyl (C=O) groups is 2. The second kappa shape index (κ2) is 5.84. The molecule has 0 saturated heterocycles. The van der Waals surface area contributed by atoms with Crippen molar-refractivity contribution in [2.75, 3.05) is 0 Å². The van der Waals surface area contributed by atoms with Crippen molar-refractivity contribution in [2.24, 2.45) is 0 Å². The van der Waals surface area contributed by atoms with Gasteiger partial charge in [-0.05, 0) is 0 Å². The van der Waals surface area contributed by atoms with Crippen LogP contribution in [0.1, 0.15) is 26.7 Å². The monoisotopic (exact) mass is 196 g/mol. The van der Waals surface area contributed by atoms with E-state index in [4.69, 9.17) is 4.55 Å². The Morgan fingerprint density at radius 3 is 1.75 bits per heavy atom. The predicted octanol–water partition coefficient (Wildman–Crippen LogP) is 1.20. The van der Waals surface area contributed by atoms with Gasteiger partial charge in [-0.15, -0.1) is 0 Å². The Kier molecular flexibility index (Phi) is 5.48. The summed E-state index contributed by atoms with van der Waals surface area (Å²) in [6, 6.07) is 0. The topological polar surface area (TPSA) is 72.8 Å². The molecule has 5 nitrogen and oxygen atoms in total. The summed E-state index contributed by atoms with van der Waals surface area (Å²) in [4.78, 5) is 21.1. The highest BCUT2D eigenvalue weighted by atomic mass is 32.3. The normalized spacial score (nSPS) is 10.4. The van der Waals surface area contributed by atoms with Crippen LogP contribution in [0.25, 0.3) is 0 Å². The maximum absolute atomic E-state index is 10.5. The number of carbonyl (C=O) groups excluding carboxylic acids is 2. The number of thiol groups is 1. The fourth-order valence-electron chi connectivity index (χ4n) is 0.322. The summed E-state index contributed by atoms with van der Waals surface area (Å²) in [6.07, 6.45) is 0.284. The molecule has 0 aliphatic rings. The van der Waals surface area contributed by atoms with Crippen LogP contribution in [0.4, 0.5) is 0 Å². The van der Waals surface area contributed by atoms with Crippen LogP contribution < -0.4 is 0 Å². The molecule has 1 N–H and O–H groups in total. The molecule has 0 unspecified atom stereocenters. The van der Waals surface area contributed by atoms with Crippen LogP contribution in [-0.4, -0.2) is 16.5 Å². The molecule has 6 heteroatoms. The van der Waals surface area contributed by atoms with E-state index < -0.39 is 23.7 Å². The molecule has 0 rings (SSSR count). The lowest BCUT2D eigenvalue weighted by molar-refractivity contribution is -0.137. The van der Waals surface area contributed by atoms with Gasteiger partial charge >= 0.3 is 11.9 Å². The van der Waals surface area contributed by atoms with Crippen molar-refractivity contribution in [1.29, 1.82) is 0 Å². The highest BCUT2D eigenvalue weighted by Crippen LogP contribution is 2.23. The van der Waals surface area contributed by atoms with Crippen molar-refractivity contribution in [3.63, 3.8) is 0 Å². The molecule has 72 valence electrons. The first-order chi connectivity index (χ1) is 5.60. The molecule has 0 aromatic heterocycles. The van der Waals surface area contributed by atoms with E-state index >= 15 is 0 Å². The van der Waals surface area contributed by atoms with Gasteiger partial charge in [0.05, 0.1) is 0 Å². The van der Waals surface area contributed by atoms with E-state index in [2.05, 4.69) is 8.37 Å². The first kappa shape index (κ1) is 11.2. The average Bonchev–Trinajstić information content (AvgIpc) is 2.03. The van der Waals surface area contributed by atoms with Crippen molar-refractivity contribution < 1.29 is 22.5 Å². The maximum atomic E-state index is 10.5. The molecule has 0 aromatic rings. The van der Waals surface area contributed by atoms with Gasteiger partial charge in [0.2, 0.25) is 0 Å². The second-order valence-corrected chi connectivity index (χ2v) is 2.71. The molecule has 12 heavy (non-hydrogen) atoms. The molecule has 0 amide bonds. The predicted molar refractivity (Wildman–Crippen MR) is 44.4 cm³/mol. The van der Waals surface area contributed by atoms with Gasteiger partial charge < -0.3 is 8.37 Å². The molecular formula is C6H12O5S. The van der Waals surface area contributed by atoms with Crippen LogP contribution in [0.5, 0.6) is 0 Å². The quantitative estimate of drug-likeness (QED) is 0.661. The standard InChI is InChI=1S/C6H12O5S/c1-3-5(7)10-12(9)11-6(8)4-2/h9,12H,3-4H2,1-2H3. The van der Waals surface area contributed by atoms with Gasteiger partial charge in [0.1, 0.15) is 0 Å². The lowest BCUT2D eigenvalue weighted by Gasteiger charge is -2.13. The largest absolute Gasteiger partial charge is 0.361 e. The van der Waals surface area contributed by atoms with Crippen LogP contribution in [0.2, 0.25) is 0 Å². The Balaban J connectivity index is 3.66. The summed E-state index contributed by atoms with van der Waals surface area (Å²) in [7, 11) is 0. The molecule has 0 saturated carbocycles. The third kappa shape index (κ3) is 4.97. The first-order valence-corrected chi connectivity index (χ1v) is 4.63. The van der Waals surface area contributed by atoms with Crippen molar-refractivity contribution >= 4 is 23.7 Å². The summed E-state index contributed by atoms with van der Waals surface area (Å²) < 4.78 is 17.5. The zero-order chi connectivity index (χ0) is 9.56. The minimum atomic E-state index is -2.37. The van der Waals surface area contributed by atoms with Crippen LogP contribution >= 0.6 is 11.7 Å². The summed E-state index contributed by atoms with van der Waals surface area (Å²) in [5.41, 5.74) is 0. The molecule has 0 aromatic carbocycles. The van der Waals surface area contributed by atoms with E-state index in [1.807, 2.05) is 0 Å². The van der Waals surface area contributed by atoms with Gasteiger partial charge in [-0.25, -0.2) is 0 Å². The summed E-state index contributed by atoms with van der Waals surface area (Å²) in [5.74, 6) is -1.18. The minimum Gasteiger partial charge on any atom is -0.361 e. The third-order valence-corrected chi connectivity index (χ3v) is 1.66. The summed E-state index contributed by atoms with van der Waals surface area (Å²) in [6.45, 7) is 3.15. The van der Waals surface area contributed by atoms with Gasteiger partial charge in [0, 0.05) is 12.8 Å². The zero-order valence-corrected chi connectivity index (χ0v) is 7.84. The van der Waals surface area contributed by atoms with Gasteiger partial charge in [0.15, 0.2) is 11.7 Å². The molecule has 0 fully saturated rings. The van der Waals surface area contributed by atoms with Crippen molar-refractivity contribution in [2.45, 2.75) is 26.7 Å². The average molecular weight is 196 g/mol. The molecule has 0 spiro atoms. The lowest BCUT2D eigenvalue weighted by atomic mass is 10.5. The maximum Gasteiger partial charge on any atom is 0.320 e. The molecule has 0 bridgehead atoms. The second-order valence-electron chi connectivity index (χ2n) is 1.87. The van der Waals surface area contributed by atoms with E-state index in [-0.39, 0.29) is 12.8 Å².